The number of anilines is 1. The van der Waals surface area contributed by atoms with Gasteiger partial charge in [-0.25, -0.2) is 8.78 Å². The fourth-order valence-electron chi connectivity index (χ4n) is 1.04. The van der Waals surface area contributed by atoms with E-state index in [9.17, 15) is 13.6 Å². The quantitative estimate of drug-likeness (QED) is 0.858. The largest absolute Gasteiger partial charge is 0.324 e. The van der Waals surface area contributed by atoms with E-state index in [2.05, 4.69) is 10.6 Å². The van der Waals surface area contributed by atoms with E-state index in [-0.39, 0.29) is 30.4 Å². The van der Waals surface area contributed by atoms with Crippen molar-refractivity contribution in [3.8, 4) is 0 Å². The van der Waals surface area contributed by atoms with Crippen LogP contribution in [0.1, 0.15) is 6.42 Å². The van der Waals surface area contributed by atoms with Gasteiger partial charge in [0.05, 0.1) is 5.69 Å². The average molecular weight is 251 g/mol. The van der Waals surface area contributed by atoms with Crippen molar-refractivity contribution in [1.29, 1.82) is 0 Å². The first-order chi connectivity index (χ1) is 7.13. The second kappa shape index (κ2) is 7.14. The van der Waals surface area contributed by atoms with E-state index < -0.39 is 11.6 Å². The highest BCUT2D eigenvalue weighted by Crippen LogP contribution is 2.14. The van der Waals surface area contributed by atoms with Crippen LogP contribution in [0.3, 0.4) is 0 Å². The molecule has 0 atom stereocenters. The highest BCUT2D eigenvalue weighted by molar-refractivity contribution is 5.90. The Morgan fingerprint density at radius 2 is 2.06 bits per heavy atom. The van der Waals surface area contributed by atoms with Gasteiger partial charge in [-0.15, -0.1) is 12.4 Å². The van der Waals surface area contributed by atoms with Gasteiger partial charge in [0.15, 0.2) is 0 Å². The van der Waals surface area contributed by atoms with Crippen LogP contribution in [0, 0.1) is 11.6 Å². The van der Waals surface area contributed by atoms with Crippen LogP contribution in [0.25, 0.3) is 0 Å². The zero-order valence-electron chi connectivity index (χ0n) is 8.72. The van der Waals surface area contributed by atoms with Crippen molar-refractivity contribution in [3.05, 3.63) is 29.8 Å². The van der Waals surface area contributed by atoms with Crippen molar-refractivity contribution in [1.82, 2.24) is 5.32 Å². The molecule has 0 fully saturated rings. The normalized spacial score (nSPS) is 9.44. The summed E-state index contributed by atoms with van der Waals surface area (Å²) in [6, 6.07) is 3.02. The molecule has 0 heterocycles. The van der Waals surface area contributed by atoms with Crippen molar-refractivity contribution in [2.45, 2.75) is 6.42 Å². The summed E-state index contributed by atoms with van der Waals surface area (Å²) in [5.41, 5.74) is -0.00231. The van der Waals surface area contributed by atoms with Crippen LogP contribution >= 0.6 is 12.4 Å². The van der Waals surface area contributed by atoms with Gasteiger partial charge in [-0.1, -0.05) is 0 Å². The van der Waals surface area contributed by atoms with Crippen LogP contribution in [0.5, 0.6) is 0 Å². The predicted octanol–water partition coefficient (Wildman–Crippen LogP) is 1.93. The van der Waals surface area contributed by atoms with Gasteiger partial charge in [-0.3, -0.25) is 4.79 Å². The highest BCUT2D eigenvalue weighted by atomic mass is 35.5. The number of nitrogens with one attached hydrogen (secondary N) is 2. The molecule has 0 radical (unpaired) electrons. The lowest BCUT2D eigenvalue weighted by Crippen LogP contribution is -2.19. The van der Waals surface area contributed by atoms with Crippen molar-refractivity contribution in [2.75, 3.05) is 18.9 Å². The Kier molecular flexibility index (Phi) is 6.60. The molecule has 0 bridgehead atoms. The molecular weight excluding hydrogens is 238 g/mol. The van der Waals surface area contributed by atoms with Gasteiger partial charge in [-0.05, 0) is 19.2 Å². The molecule has 16 heavy (non-hydrogen) atoms. The summed E-state index contributed by atoms with van der Waals surface area (Å²) in [6.45, 7) is 0.509. The standard InChI is InChI=1S/C10H12F2N2O.ClH/c1-13-5-4-10(15)14-9-3-2-7(11)6-8(9)12;/h2-3,6,13H,4-5H2,1H3,(H,14,15);1H. The fourth-order valence-corrected chi connectivity index (χ4v) is 1.04. The molecule has 1 rings (SSSR count). The number of hydrogen-bond donors (Lipinski definition) is 2. The molecule has 1 amide bonds. The van der Waals surface area contributed by atoms with Crippen molar-refractivity contribution >= 4 is 24.0 Å². The second-order valence-electron chi connectivity index (χ2n) is 3.03. The fraction of sp³-hybridized carbons (Fsp3) is 0.300. The maximum Gasteiger partial charge on any atom is 0.225 e. The van der Waals surface area contributed by atoms with Crippen LogP contribution in [0.4, 0.5) is 14.5 Å². The molecule has 2 N–H and O–H groups in total. The molecular formula is C10H13ClF2N2O. The van der Waals surface area contributed by atoms with Crippen molar-refractivity contribution in [3.63, 3.8) is 0 Å². The molecule has 0 aromatic heterocycles. The molecule has 6 heteroatoms. The Morgan fingerprint density at radius 1 is 1.38 bits per heavy atom. The topological polar surface area (TPSA) is 41.1 Å². The number of amides is 1. The minimum Gasteiger partial charge on any atom is -0.324 e. The molecule has 90 valence electrons. The minimum absolute atomic E-state index is 0. The molecule has 0 unspecified atom stereocenters. The number of carbonyl (C=O) groups is 1. The summed E-state index contributed by atoms with van der Waals surface area (Å²) < 4.78 is 25.6. The summed E-state index contributed by atoms with van der Waals surface area (Å²) in [5, 5.41) is 5.15. The number of halogens is 3. The van der Waals surface area contributed by atoms with Crippen LogP contribution in [-0.2, 0) is 4.79 Å². The smallest absolute Gasteiger partial charge is 0.225 e. The molecule has 0 aliphatic carbocycles. The maximum absolute atomic E-state index is 13.1. The highest BCUT2D eigenvalue weighted by Gasteiger charge is 2.06. The molecule has 0 aliphatic heterocycles. The first-order valence-corrected chi connectivity index (χ1v) is 4.53. The van der Waals surface area contributed by atoms with Gasteiger partial charge in [0, 0.05) is 19.0 Å². The van der Waals surface area contributed by atoms with E-state index in [0.717, 1.165) is 12.1 Å². The Morgan fingerprint density at radius 3 is 2.62 bits per heavy atom. The summed E-state index contributed by atoms with van der Waals surface area (Å²) >= 11 is 0. The number of hydrogen-bond acceptors (Lipinski definition) is 2. The van der Waals surface area contributed by atoms with Crippen LogP contribution in [-0.4, -0.2) is 19.5 Å². The third-order valence-electron chi connectivity index (χ3n) is 1.81. The number of benzene rings is 1. The first-order valence-electron chi connectivity index (χ1n) is 4.53. The summed E-state index contributed by atoms with van der Waals surface area (Å²) in [6.07, 6.45) is 0.243. The number of rotatable bonds is 4. The average Bonchev–Trinajstić information content (AvgIpc) is 2.19. The zero-order valence-corrected chi connectivity index (χ0v) is 9.54. The summed E-state index contributed by atoms with van der Waals surface area (Å²) in [4.78, 5) is 11.2. The van der Waals surface area contributed by atoms with Crippen molar-refractivity contribution < 1.29 is 13.6 Å². The molecule has 0 saturated heterocycles. The molecule has 3 nitrogen and oxygen atoms in total. The Labute approximate surface area is 98.6 Å². The SMILES string of the molecule is CNCCC(=O)Nc1ccc(F)cc1F.Cl. The Hall–Kier alpha value is -1.20. The zero-order chi connectivity index (χ0) is 11.3. The van der Waals surface area contributed by atoms with E-state index in [1.807, 2.05) is 0 Å². The monoisotopic (exact) mass is 250 g/mol. The molecule has 1 aromatic rings. The lowest BCUT2D eigenvalue weighted by molar-refractivity contribution is -0.116. The third kappa shape index (κ3) is 4.55. The van der Waals surface area contributed by atoms with Crippen LogP contribution in [0.2, 0.25) is 0 Å². The van der Waals surface area contributed by atoms with Gasteiger partial charge in [0.25, 0.3) is 0 Å². The predicted molar refractivity (Wildman–Crippen MR) is 60.8 cm³/mol. The number of carbonyl (C=O) groups excluding carboxylic acids is 1. The van der Waals surface area contributed by atoms with E-state index in [0.29, 0.717) is 6.54 Å². The van der Waals surface area contributed by atoms with E-state index >= 15 is 0 Å². The van der Waals surface area contributed by atoms with Gasteiger partial charge in [-0.2, -0.15) is 0 Å². The van der Waals surface area contributed by atoms with Crippen molar-refractivity contribution in [2.24, 2.45) is 0 Å². The van der Waals surface area contributed by atoms with E-state index in [1.165, 1.54) is 6.07 Å². The van der Waals surface area contributed by atoms with Gasteiger partial charge in [0.2, 0.25) is 5.91 Å². The van der Waals surface area contributed by atoms with Crippen LogP contribution in [0.15, 0.2) is 18.2 Å². The first kappa shape index (κ1) is 14.8. The second-order valence-corrected chi connectivity index (χ2v) is 3.03. The lowest BCUT2D eigenvalue weighted by atomic mass is 10.3. The van der Waals surface area contributed by atoms with Crippen LogP contribution < -0.4 is 10.6 Å². The van der Waals surface area contributed by atoms with E-state index in [4.69, 9.17) is 0 Å². The molecule has 0 aliphatic rings. The Bertz CT molecular complexity index is 361. The molecule has 1 aromatic carbocycles. The lowest BCUT2D eigenvalue weighted by Gasteiger charge is -2.05. The van der Waals surface area contributed by atoms with E-state index in [1.54, 1.807) is 7.05 Å². The van der Waals surface area contributed by atoms with Gasteiger partial charge >= 0.3 is 0 Å². The molecule has 0 spiro atoms. The van der Waals surface area contributed by atoms with Gasteiger partial charge in [0.1, 0.15) is 11.6 Å². The molecule has 0 saturated carbocycles. The summed E-state index contributed by atoms with van der Waals surface area (Å²) in [5.74, 6) is -1.75. The summed E-state index contributed by atoms with van der Waals surface area (Å²) in [7, 11) is 1.71. The Balaban J connectivity index is 0.00000225. The minimum atomic E-state index is -0.771. The maximum atomic E-state index is 13.1. The third-order valence-corrected chi connectivity index (χ3v) is 1.81. The van der Waals surface area contributed by atoms with Gasteiger partial charge < -0.3 is 10.6 Å².